The summed E-state index contributed by atoms with van der Waals surface area (Å²) in [7, 11) is 0. The van der Waals surface area contributed by atoms with Crippen LogP contribution in [0.3, 0.4) is 0 Å². The van der Waals surface area contributed by atoms with Gasteiger partial charge in [-0.3, -0.25) is 4.79 Å². The molecule has 4 fully saturated rings. The van der Waals surface area contributed by atoms with Crippen molar-refractivity contribution in [3.05, 3.63) is 12.2 Å². The van der Waals surface area contributed by atoms with E-state index in [9.17, 15) is 9.90 Å². The summed E-state index contributed by atoms with van der Waals surface area (Å²) in [6, 6.07) is 0. The zero-order valence-electron chi connectivity index (χ0n) is 20.4. The SMILES string of the molecule is CC(C)[C@@H](C)/C=C/[C@@H](C)[C@H]1CC[C@H]2[C@@H]3CC(=O)[C@H]4C[C@H](O)CC[C@]4(C)[C@H]3CC[C@]12C. The number of hydrogen-bond donors (Lipinski definition) is 1. The zero-order chi connectivity index (χ0) is 21.8. The molecule has 4 aliphatic carbocycles. The molecule has 4 saturated carbocycles. The molecule has 0 aromatic rings. The lowest BCUT2D eigenvalue weighted by atomic mass is 9.44. The minimum absolute atomic E-state index is 0.114. The standard InChI is InChI=1S/C28H46O2/c1-17(2)18(3)7-8-19(4)22-9-10-23-21-16-26(30)25-15-20(29)11-13-28(25,6)24(21)12-14-27(22,23)5/h7-8,17-25,29H,9-16H2,1-6H3/b8-7+/t18-,19+,20+,21-,22+,23-,24-,25+,27+,28+/m0/s1. The molecular weight excluding hydrogens is 368 g/mol. The first-order chi connectivity index (χ1) is 14.1. The Morgan fingerprint density at radius 1 is 0.933 bits per heavy atom. The van der Waals surface area contributed by atoms with Crippen LogP contribution in [0.15, 0.2) is 12.2 Å². The Hall–Kier alpha value is -0.630. The van der Waals surface area contributed by atoms with Crippen LogP contribution in [-0.2, 0) is 4.79 Å². The van der Waals surface area contributed by atoms with Gasteiger partial charge in [-0.05, 0) is 97.2 Å². The molecule has 0 bridgehead atoms. The number of hydrogen-bond acceptors (Lipinski definition) is 2. The zero-order valence-corrected chi connectivity index (χ0v) is 20.4. The molecule has 0 aromatic carbocycles. The maximum atomic E-state index is 13.3. The quantitative estimate of drug-likeness (QED) is 0.522. The second-order valence-corrected chi connectivity index (χ2v) is 12.6. The van der Waals surface area contributed by atoms with E-state index >= 15 is 0 Å². The van der Waals surface area contributed by atoms with Gasteiger partial charge in [0.1, 0.15) is 5.78 Å². The van der Waals surface area contributed by atoms with E-state index in [2.05, 4.69) is 53.7 Å². The number of fused-ring (bicyclic) bond motifs is 5. The molecule has 0 heterocycles. The molecule has 170 valence electrons. The van der Waals surface area contributed by atoms with Crippen molar-refractivity contribution in [1.82, 2.24) is 0 Å². The number of carbonyl (C=O) groups is 1. The molecule has 1 N–H and O–H groups in total. The Labute approximate surface area is 185 Å². The highest BCUT2D eigenvalue weighted by Gasteiger charge is 2.62. The molecule has 0 amide bonds. The largest absolute Gasteiger partial charge is 0.393 e. The van der Waals surface area contributed by atoms with Crippen LogP contribution in [0.4, 0.5) is 0 Å². The summed E-state index contributed by atoms with van der Waals surface area (Å²) in [5.74, 6) is 5.31. The van der Waals surface area contributed by atoms with E-state index in [1.54, 1.807) is 0 Å². The van der Waals surface area contributed by atoms with Crippen molar-refractivity contribution in [2.75, 3.05) is 0 Å². The monoisotopic (exact) mass is 414 g/mol. The minimum Gasteiger partial charge on any atom is -0.393 e. The Bertz CT molecular complexity index is 680. The second kappa shape index (κ2) is 8.05. The van der Waals surface area contributed by atoms with E-state index in [0.717, 1.165) is 31.6 Å². The van der Waals surface area contributed by atoms with Gasteiger partial charge in [-0.2, -0.15) is 0 Å². The number of Topliss-reactive ketones (excluding diaryl/α,β-unsaturated/α-hetero) is 1. The van der Waals surface area contributed by atoms with Crippen molar-refractivity contribution < 1.29 is 9.90 Å². The molecule has 0 aliphatic heterocycles. The van der Waals surface area contributed by atoms with Crippen LogP contribution in [0.1, 0.15) is 92.9 Å². The molecular formula is C28H46O2. The van der Waals surface area contributed by atoms with Crippen molar-refractivity contribution in [1.29, 1.82) is 0 Å². The fraction of sp³-hybridized carbons (Fsp3) is 0.893. The lowest BCUT2D eigenvalue weighted by molar-refractivity contribution is -0.159. The van der Waals surface area contributed by atoms with Crippen molar-refractivity contribution in [3.63, 3.8) is 0 Å². The van der Waals surface area contributed by atoms with Gasteiger partial charge in [0, 0.05) is 12.3 Å². The smallest absolute Gasteiger partial charge is 0.136 e. The topological polar surface area (TPSA) is 37.3 Å². The molecule has 0 unspecified atom stereocenters. The van der Waals surface area contributed by atoms with Crippen molar-refractivity contribution in [2.24, 2.45) is 58.2 Å². The molecule has 4 aliphatic rings. The van der Waals surface area contributed by atoms with E-state index in [1.165, 1.54) is 25.7 Å². The second-order valence-electron chi connectivity index (χ2n) is 12.6. The number of aliphatic hydroxyl groups is 1. The minimum atomic E-state index is -0.255. The van der Waals surface area contributed by atoms with E-state index in [4.69, 9.17) is 0 Å². The predicted octanol–water partition coefficient (Wildman–Crippen LogP) is 6.67. The van der Waals surface area contributed by atoms with Gasteiger partial charge >= 0.3 is 0 Å². The van der Waals surface area contributed by atoms with Gasteiger partial charge in [0.25, 0.3) is 0 Å². The fourth-order valence-corrected chi connectivity index (χ4v) is 8.63. The van der Waals surface area contributed by atoms with Crippen LogP contribution in [0.2, 0.25) is 0 Å². The molecule has 2 heteroatoms. The van der Waals surface area contributed by atoms with Gasteiger partial charge in [0.05, 0.1) is 6.10 Å². The van der Waals surface area contributed by atoms with Crippen molar-refractivity contribution >= 4 is 5.78 Å². The molecule has 0 spiro atoms. The molecule has 0 radical (unpaired) electrons. The Balaban J connectivity index is 1.54. The van der Waals surface area contributed by atoms with E-state index in [1.807, 2.05) is 0 Å². The van der Waals surface area contributed by atoms with Crippen LogP contribution in [0.25, 0.3) is 0 Å². The van der Waals surface area contributed by atoms with Gasteiger partial charge in [0.15, 0.2) is 0 Å². The van der Waals surface area contributed by atoms with Crippen molar-refractivity contribution in [3.8, 4) is 0 Å². The molecule has 2 nitrogen and oxygen atoms in total. The third-order valence-electron chi connectivity index (χ3n) is 10.9. The lowest BCUT2D eigenvalue weighted by Crippen LogP contribution is -2.57. The molecule has 4 rings (SSSR count). The number of carbonyl (C=O) groups excluding carboxylic acids is 1. The highest BCUT2D eigenvalue weighted by molar-refractivity contribution is 5.83. The molecule has 0 saturated heterocycles. The average Bonchev–Trinajstić information content (AvgIpc) is 3.04. The summed E-state index contributed by atoms with van der Waals surface area (Å²) in [5, 5.41) is 10.2. The maximum Gasteiger partial charge on any atom is 0.136 e. The Kier molecular flexibility index (Phi) is 6.06. The summed E-state index contributed by atoms with van der Waals surface area (Å²) in [6.07, 6.45) is 13.4. The Morgan fingerprint density at radius 2 is 1.60 bits per heavy atom. The van der Waals surface area contributed by atoms with Gasteiger partial charge in [-0.25, -0.2) is 0 Å². The van der Waals surface area contributed by atoms with Gasteiger partial charge in [-0.1, -0.05) is 53.7 Å². The Morgan fingerprint density at radius 3 is 2.30 bits per heavy atom. The van der Waals surface area contributed by atoms with Gasteiger partial charge < -0.3 is 5.11 Å². The summed E-state index contributed by atoms with van der Waals surface area (Å²) in [4.78, 5) is 13.3. The number of allylic oxidation sites excluding steroid dienone is 2. The fourth-order valence-electron chi connectivity index (χ4n) is 8.63. The third kappa shape index (κ3) is 3.54. The first-order valence-electron chi connectivity index (χ1n) is 13.0. The normalized spacial score (nSPS) is 48.3. The summed E-state index contributed by atoms with van der Waals surface area (Å²) in [5.41, 5.74) is 0.528. The van der Waals surface area contributed by atoms with E-state index < -0.39 is 0 Å². The number of ketones is 1. The number of aliphatic hydroxyl groups excluding tert-OH is 1. The summed E-state index contributed by atoms with van der Waals surface area (Å²) < 4.78 is 0. The first-order valence-corrected chi connectivity index (χ1v) is 13.0. The highest BCUT2D eigenvalue weighted by atomic mass is 16.3. The predicted molar refractivity (Wildman–Crippen MR) is 124 cm³/mol. The van der Waals surface area contributed by atoms with E-state index in [-0.39, 0.29) is 17.4 Å². The molecule has 10 atom stereocenters. The van der Waals surface area contributed by atoms with Crippen LogP contribution >= 0.6 is 0 Å². The highest BCUT2D eigenvalue weighted by Crippen LogP contribution is 2.67. The average molecular weight is 415 g/mol. The van der Waals surface area contributed by atoms with Gasteiger partial charge in [-0.15, -0.1) is 0 Å². The third-order valence-corrected chi connectivity index (χ3v) is 10.9. The molecule has 0 aromatic heterocycles. The lowest BCUT2D eigenvalue weighted by Gasteiger charge is -2.60. The van der Waals surface area contributed by atoms with Crippen LogP contribution in [-0.4, -0.2) is 17.0 Å². The van der Waals surface area contributed by atoms with Crippen molar-refractivity contribution in [2.45, 2.75) is 99.0 Å². The number of rotatable bonds is 4. The van der Waals surface area contributed by atoms with Crippen LogP contribution in [0, 0.1) is 58.2 Å². The maximum absolute atomic E-state index is 13.3. The van der Waals surface area contributed by atoms with E-state index in [0.29, 0.717) is 46.7 Å². The van der Waals surface area contributed by atoms with Crippen LogP contribution < -0.4 is 0 Å². The first kappa shape index (κ1) is 22.6. The molecule has 30 heavy (non-hydrogen) atoms. The van der Waals surface area contributed by atoms with Crippen LogP contribution in [0.5, 0.6) is 0 Å². The summed E-state index contributed by atoms with van der Waals surface area (Å²) in [6.45, 7) is 14.4. The summed E-state index contributed by atoms with van der Waals surface area (Å²) >= 11 is 0. The van der Waals surface area contributed by atoms with Gasteiger partial charge in [0.2, 0.25) is 0 Å².